The van der Waals surface area contributed by atoms with E-state index in [9.17, 15) is 0 Å². The molecule has 0 spiro atoms. The predicted molar refractivity (Wildman–Crippen MR) is 211 cm³/mol. The van der Waals surface area contributed by atoms with E-state index in [0.29, 0.717) is 5.69 Å². The third-order valence-corrected chi connectivity index (χ3v) is 10.7. The summed E-state index contributed by atoms with van der Waals surface area (Å²) in [4.78, 5) is 12.3. The Morgan fingerprint density at radius 3 is 2.10 bits per heavy atom. The summed E-state index contributed by atoms with van der Waals surface area (Å²) < 4.78 is 24.4. The van der Waals surface area contributed by atoms with Crippen LogP contribution in [0, 0.1) is 18.8 Å². The van der Waals surface area contributed by atoms with Crippen LogP contribution in [0.4, 0.5) is 34.3 Å². The van der Waals surface area contributed by atoms with Crippen molar-refractivity contribution in [2.45, 2.75) is 29.1 Å². The maximum Gasteiger partial charge on any atom is 0.135 e. The number of pyridine rings is 1. The van der Waals surface area contributed by atoms with Crippen molar-refractivity contribution in [2.24, 2.45) is 0 Å². The van der Waals surface area contributed by atoms with Crippen LogP contribution >= 0.6 is 11.8 Å². The second kappa shape index (κ2) is 13.8. The van der Waals surface area contributed by atoms with E-state index in [1.165, 1.54) is 10.5 Å². The molecule has 0 N–H and O–H groups in total. The first-order valence-electron chi connectivity index (χ1n) is 18.5. The molecule has 52 heavy (non-hydrogen) atoms. The van der Waals surface area contributed by atoms with E-state index in [4.69, 9.17) is 9.10 Å². The minimum Gasteiger partial charge on any atom is -0.504 e. The molecule has 9 rings (SSSR count). The summed E-state index contributed by atoms with van der Waals surface area (Å²) in [5, 5.41) is 0. The van der Waals surface area contributed by atoms with Crippen LogP contribution in [0.2, 0.25) is 0 Å². The van der Waals surface area contributed by atoms with Crippen molar-refractivity contribution in [1.29, 1.82) is 0 Å². The van der Waals surface area contributed by atoms with Gasteiger partial charge in [0.15, 0.2) is 0 Å². The van der Waals surface area contributed by atoms with Crippen LogP contribution in [0.25, 0.3) is 22.3 Å². The predicted octanol–water partition coefficient (Wildman–Crippen LogP) is 12.0. The zero-order valence-electron chi connectivity index (χ0n) is 31.5. The van der Waals surface area contributed by atoms with Crippen molar-refractivity contribution in [3.63, 3.8) is 0 Å². The average Bonchev–Trinajstić information content (AvgIpc) is 3.55. The van der Waals surface area contributed by atoms with E-state index in [1.807, 2.05) is 53.6 Å². The molecular formula is C46H35N4PdS-3. The second-order valence-corrected chi connectivity index (χ2v) is 14.3. The fraction of sp³-hybridized carbons (Fsp3) is 0.0870. The first-order valence-corrected chi connectivity index (χ1v) is 17.8. The van der Waals surface area contributed by atoms with Gasteiger partial charge >= 0.3 is 0 Å². The Hall–Kier alpha value is -5.12. The molecule has 0 saturated heterocycles. The number of rotatable bonds is 6. The minimum absolute atomic E-state index is 0. The van der Waals surface area contributed by atoms with Gasteiger partial charge in [0.2, 0.25) is 0 Å². The summed E-state index contributed by atoms with van der Waals surface area (Å²) in [5.74, 6) is 0.812. The summed E-state index contributed by atoms with van der Waals surface area (Å²) in [6.45, 7) is 3.83. The normalized spacial score (nSPS) is 14.1. The molecule has 4 nitrogen and oxygen atoms in total. The molecule has 0 saturated carbocycles. The standard InChI is InChI=1S/C46H35N4S.Pd/c1-46(2,32-14-5-4-6-15-32)33-26-27-47-45(28-33)50-41-21-10-9-20-39(41)37-18-7-8-19-38(37)40-25-24-36(30-44(40)50)51-35-17-13-16-34(29-35)49-31-48(3)42-22-11-12-23-43(42)49;/h4-28,31H,1-3H3;/q-3;/i3D3;. The maximum absolute atomic E-state index is 8.12. The number of benzene rings is 6. The van der Waals surface area contributed by atoms with Gasteiger partial charge in [0.1, 0.15) is 5.82 Å². The Morgan fingerprint density at radius 2 is 1.31 bits per heavy atom. The molecule has 0 bridgehead atoms. The fourth-order valence-corrected chi connectivity index (χ4v) is 7.96. The number of hydrogen-bond donors (Lipinski definition) is 0. The van der Waals surface area contributed by atoms with Crippen LogP contribution in [0.3, 0.4) is 0 Å². The zero-order chi connectivity index (χ0) is 37.0. The third-order valence-electron chi connectivity index (χ3n) is 9.83. The molecule has 2 aliphatic rings. The molecular weight excluding hydrogens is 747 g/mol. The second-order valence-electron chi connectivity index (χ2n) is 13.2. The van der Waals surface area contributed by atoms with E-state index in [-0.39, 0.29) is 25.8 Å². The molecule has 0 fully saturated rings. The van der Waals surface area contributed by atoms with Crippen molar-refractivity contribution >= 4 is 46.0 Å². The van der Waals surface area contributed by atoms with Crippen LogP contribution in [-0.4, -0.2) is 12.0 Å². The van der Waals surface area contributed by atoms with E-state index < -0.39 is 6.98 Å². The Morgan fingerprint density at radius 1 is 0.635 bits per heavy atom. The minimum atomic E-state index is -2.32. The summed E-state index contributed by atoms with van der Waals surface area (Å²) in [7, 11) is 0. The smallest absolute Gasteiger partial charge is 0.135 e. The number of hydrogen-bond acceptors (Lipinski definition) is 5. The molecule has 0 radical (unpaired) electrons. The van der Waals surface area contributed by atoms with Gasteiger partial charge in [0, 0.05) is 53.1 Å². The maximum atomic E-state index is 8.12. The van der Waals surface area contributed by atoms with Crippen molar-refractivity contribution < 1.29 is 24.5 Å². The van der Waals surface area contributed by atoms with Gasteiger partial charge in [-0.25, -0.2) is 4.98 Å². The van der Waals surface area contributed by atoms with Crippen LogP contribution < -0.4 is 14.7 Å². The largest absolute Gasteiger partial charge is 0.504 e. The van der Waals surface area contributed by atoms with Gasteiger partial charge in [-0.05, 0) is 54.0 Å². The summed E-state index contributed by atoms with van der Waals surface area (Å²) in [6, 6.07) is 57.2. The molecule has 0 amide bonds. The Bertz CT molecular complexity index is 2520. The van der Waals surface area contributed by atoms with Gasteiger partial charge in [-0.15, -0.1) is 51.0 Å². The van der Waals surface area contributed by atoms with Gasteiger partial charge in [-0.3, -0.25) is 0 Å². The van der Waals surface area contributed by atoms with Crippen LogP contribution in [0.15, 0.2) is 162 Å². The molecule has 6 heteroatoms. The van der Waals surface area contributed by atoms with E-state index in [0.717, 1.165) is 66.2 Å². The van der Waals surface area contributed by atoms with Crippen LogP contribution in [0.1, 0.15) is 29.1 Å². The number of nitrogens with zero attached hydrogens (tertiary/aromatic N) is 4. The molecule has 1 aromatic heterocycles. The van der Waals surface area contributed by atoms with Gasteiger partial charge in [-0.2, -0.15) is 30.9 Å². The number of aromatic nitrogens is 1. The molecule has 3 heterocycles. The summed E-state index contributed by atoms with van der Waals surface area (Å²) >= 11 is 1.57. The van der Waals surface area contributed by atoms with Crippen LogP contribution in [-0.2, 0) is 25.8 Å². The number of fused-ring (bicyclic) bond motifs is 6. The van der Waals surface area contributed by atoms with Gasteiger partial charge in [0.05, 0.1) is 5.69 Å². The zero-order valence-corrected chi connectivity index (χ0v) is 30.9. The Labute approximate surface area is 328 Å². The van der Waals surface area contributed by atoms with Gasteiger partial charge in [0.25, 0.3) is 0 Å². The number of anilines is 6. The van der Waals surface area contributed by atoms with Gasteiger partial charge in [-0.1, -0.05) is 110 Å². The van der Waals surface area contributed by atoms with Gasteiger partial charge < -0.3 is 14.7 Å². The molecule has 7 aromatic rings. The molecule has 0 unspecified atom stereocenters. The average molecular weight is 785 g/mol. The molecule has 0 aliphatic carbocycles. The third kappa shape index (κ3) is 5.91. The molecule has 258 valence electrons. The SMILES string of the molecule is [2H]C([2H])([2H])N1[CH-]N(c2[c-]c(Sc3[c-]c4c(cc3)-c3ccccc3-c3ccccc3N4c3cc(C(C)(C)c4ccccc4)ccn3)ccc2)c2ccccc21.[Pd]. The monoisotopic (exact) mass is 784 g/mol. The first-order chi connectivity index (χ1) is 26.2. The molecule has 2 aliphatic heterocycles. The summed E-state index contributed by atoms with van der Waals surface area (Å²) in [6.07, 6.45) is 1.91. The van der Waals surface area contributed by atoms with Crippen LogP contribution in [0.5, 0.6) is 0 Å². The van der Waals surface area contributed by atoms with Crippen molar-refractivity contribution in [3.05, 3.63) is 182 Å². The molecule has 6 aromatic carbocycles. The van der Waals surface area contributed by atoms with E-state index in [1.54, 1.807) is 18.4 Å². The van der Waals surface area contributed by atoms with Crippen molar-refractivity contribution in [2.75, 3.05) is 21.7 Å². The van der Waals surface area contributed by atoms with E-state index in [2.05, 4.69) is 134 Å². The quantitative estimate of drug-likeness (QED) is 0.123. The molecule has 0 atom stereocenters. The number of para-hydroxylation sites is 3. The fourth-order valence-electron chi connectivity index (χ4n) is 7.13. The Kier molecular flexibility index (Phi) is 8.09. The Balaban J connectivity index is 0.00000427. The van der Waals surface area contributed by atoms with Crippen molar-refractivity contribution in [3.8, 4) is 22.3 Å². The first kappa shape index (κ1) is 30.5. The van der Waals surface area contributed by atoms with Crippen molar-refractivity contribution in [1.82, 2.24) is 4.98 Å². The topological polar surface area (TPSA) is 22.6 Å². The van der Waals surface area contributed by atoms with E-state index >= 15 is 0 Å². The summed E-state index contributed by atoms with van der Waals surface area (Å²) in [5.41, 5.74) is 10.7.